The minimum Gasteiger partial charge on any atom is -0.478 e. The minimum atomic E-state index is -1.17. The van der Waals surface area contributed by atoms with Crippen LogP contribution < -0.4 is 0 Å². The van der Waals surface area contributed by atoms with Crippen LogP contribution in [0.25, 0.3) is 0 Å². The molecule has 1 aromatic carbocycles. The third-order valence-corrected chi connectivity index (χ3v) is 7.80. The lowest BCUT2D eigenvalue weighted by atomic mass is 9.58. The van der Waals surface area contributed by atoms with Gasteiger partial charge >= 0.3 is 5.97 Å². The van der Waals surface area contributed by atoms with Crippen molar-refractivity contribution in [2.75, 3.05) is 0 Å². The van der Waals surface area contributed by atoms with Crippen molar-refractivity contribution < 1.29 is 38.3 Å². The molecule has 7 nitrogen and oxygen atoms in total. The molecule has 4 saturated heterocycles. The van der Waals surface area contributed by atoms with Gasteiger partial charge in [0.05, 0.1) is 12.2 Å². The number of rotatable bonds is 4. The average molecular weight is 436 g/mol. The first-order valence-corrected chi connectivity index (χ1v) is 11.1. The van der Waals surface area contributed by atoms with Crippen LogP contribution in [-0.4, -0.2) is 35.0 Å². The summed E-state index contributed by atoms with van der Waals surface area (Å²) in [6.45, 7) is 6.17. The van der Waals surface area contributed by atoms with Gasteiger partial charge in [-0.3, -0.25) is 0 Å². The summed E-state index contributed by atoms with van der Waals surface area (Å²) in [6, 6.07) is 3.82. The molecular weight excluding hydrogens is 407 g/mol. The molecule has 170 valence electrons. The van der Waals surface area contributed by atoms with E-state index in [4.69, 9.17) is 29.1 Å². The van der Waals surface area contributed by atoms with Gasteiger partial charge in [0, 0.05) is 23.8 Å². The van der Waals surface area contributed by atoms with E-state index in [1.165, 1.54) is 12.1 Å². The third-order valence-electron chi connectivity index (χ3n) is 7.80. The Morgan fingerprint density at radius 3 is 2.77 bits per heavy atom. The summed E-state index contributed by atoms with van der Waals surface area (Å²) in [5, 5.41) is 9.02. The molecule has 0 amide bonds. The molecule has 0 aromatic heterocycles. The van der Waals surface area contributed by atoms with Crippen molar-refractivity contribution in [3.05, 3.63) is 35.1 Å². The van der Waals surface area contributed by atoms with Crippen molar-refractivity contribution in [3.63, 3.8) is 0 Å². The summed E-state index contributed by atoms with van der Waals surface area (Å²) < 4.78 is 33.0. The summed E-state index contributed by atoms with van der Waals surface area (Å²) in [5.41, 5.74) is -0.478. The standard InChI is InChI=1S/C23H29FO7/c1-12-4-7-17-13(2)20(27-11-15-6-5-14(19(25)26)10-18(15)24)28-21-23(17)16(12)8-9-22(3,29-21)30-31-23/h5-6,10,12-13,16-17,20-21H,4,7-9,11H2,1-3H3,(H,25,26)/t12-,13-,16+,17+,20+,21-,22-,23-/m1/s1. The maximum atomic E-state index is 14.4. The van der Waals surface area contributed by atoms with Gasteiger partial charge in [-0.2, -0.15) is 0 Å². The molecule has 8 heteroatoms. The summed E-state index contributed by atoms with van der Waals surface area (Å²) in [7, 11) is 0. The zero-order valence-electron chi connectivity index (χ0n) is 18.0. The van der Waals surface area contributed by atoms with E-state index in [9.17, 15) is 9.18 Å². The van der Waals surface area contributed by atoms with Crippen LogP contribution in [0.3, 0.4) is 0 Å². The third kappa shape index (κ3) is 3.31. The lowest BCUT2D eigenvalue weighted by molar-refractivity contribution is -0.577. The van der Waals surface area contributed by atoms with E-state index < -0.39 is 35.8 Å². The Kier molecular flexibility index (Phi) is 5.14. The van der Waals surface area contributed by atoms with E-state index >= 15 is 0 Å². The normalized spacial score (nSPS) is 43.9. The van der Waals surface area contributed by atoms with Crippen LogP contribution in [0.4, 0.5) is 4.39 Å². The first-order chi connectivity index (χ1) is 14.7. The molecule has 1 spiro atoms. The van der Waals surface area contributed by atoms with Gasteiger partial charge in [0.25, 0.3) is 0 Å². The highest BCUT2D eigenvalue weighted by Gasteiger charge is 2.69. The minimum absolute atomic E-state index is 0.0118. The van der Waals surface area contributed by atoms with Gasteiger partial charge in [0.2, 0.25) is 5.79 Å². The second-order valence-electron chi connectivity index (χ2n) is 9.70. The fourth-order valence-electron chi connectivity index (χ4n) is 6.03. The maximum absolute atomic E-state index is 14.4. The number of carboxylic acid groups (broad SMARTS) is 1. The van der Waals surface area contributed by atoms with Crippen LogP contribution in [0.1, 0.15) is 62.4 Å². The Balaban J connectivity index is 1.38. The van der Waals surface area contributed by atoms with Crippen molar-refractivity contribution in [3.8, 4) is 0 Å². The van der Waals surface area contributed by atoms with Crippen LogP contribution in [0.15, 0.2) is 18.2 Å². The number of carbonyl (C=O) groups is 1. The number of halogens is 1. The lowest BCUT2D eigenvalue weighted by Crippen LogP contribution is -2.70. The van der Waals surface area contributed by atoms with Gasteiger partial charge in [0.1, 0.15) is 5.82 Å². The predicted molar refractivity (Wildman–Crippen MR) is 105 cm³/mol. The van der Waals surface area contributed by atoms with E-state index in [0.717, 1.165) is 31.7 Å². The molecular formula is C23H29FO7. The summed E-state index contributed by atoms with van der Waals surface area (Å²) in [4.78, 5) is 22.9. The van der Waals surface area contributed by atoms with Crippen molar-refractivity contribution >= 4 is 5.97 Å². The highest BCUT2D eigenvalue weighted by molar-refractivity contribution is 5.87. The van der Waals surface area contributed by atoms with E-state index in [1.54, 1.807) is 0 Å². The molecule has 4 heterocycles. The van der Waals surface area contributed by atoms with E-state index in [1.807, 2.05) is 6.92 Å². The number of hydrogen-bond donors (Lipinski definition) is 1. The molecule has 1 N–H and O–H groups in total. The average Bonchev–Trinajstić information content (AvgIpc) is 2.96. The number of fused-ring (bicyclic) bond motifs is 2. The molecule has 2 bridgehead atoms. The van der Waals surface area contributed by atoms with Crippen LogP contribution in [0, 0.1) is 29.5 Å². The van der Waals surface area contributed by atoms with Gasteiger partial charge < -0.3 is 19.3 Å². The van der Waals surface area contributed by atoms with Gasteiger partial charge in [0.15, 0.2) is 18.2 Å². The van der Waals surface area contributed by atoms with Gasteiger partial charge in [-0.1, -0.05) is 19.9 Å². The van der Waals surface area contributed by atoms with E-state index in [2.05, 4.69) is 13.8 Å². The highest BCUT2D eigenvalue weighted by atomic mass is 19.1. The molecule has 1 aromatic rings. The second-order valence-corrected chi connectivity index (χ2v) is 9.70. The monoisotopic (exact) mass is 436 g/mol. The predicted octanol–water partition coefficient (Wildman–Crippen LogP) is 4.25. The van der Waals surface area contributed by atoms with Crippen molar-refractivity contribution in [1.82, 2.24) is 0 Å². The molecule has 1 saturated carbocycles. The molecule has 1 aliphatic carbocycles. The fourth-order valence-corrected chi connectivity index (χ4v) is 6.03. The molecule has 8 atom stereocenters. The zero-order valence-corrected chi connectivity index (χ0v) is 18.0. The molecule has 5 fully saturated rings. The van der Waals surface area contributed by atoms with Crippen molar-refractivity contribution in [2.45, 2.75) is 77.0 Å². The fraction of sp³-hybridized carbons (Fsp3) is 0.696. The van der Waals surface area contributed by atoms with Gasteiger partial charge in [-0.05, 0) is 50.2 Å². The molecule has 0 radical (unpaired) electrons. The number of benzene rings is 1. The first kappa shape index (κ1) is 21.3. The largest absolute Gasteiger partial charge is 0.478 e. The Labute approximate surface area is 180 Å². The number of ether oxygens (including phenoxy) is 3. The quantitative estimate of drug-likeness (QED) is 0.707. The number of hydrogen-bond acceptors (Lipinski definition) is 6. The van der Waals surface area contributed by atoms with Crippen LogP contribution in [0.2, 0.25) is 0 Å². The Morgan fingerprint density at radius 1 is 1.23 bits per heavy atom. The molecule has 5 aliphatic rings. The molecule has 4 aliphatic heterocycles. The van der Waals surface area contributed by atoms with Gasteiger partial charge in [-0.15, -0.1) is 0 Å². The first-order valence-electron chi connectivity index (χ1n) is 11.1. The Bertz CT molecular complexity index is 877. The topological polar surface area (TPSA) is 83.5 Å². The summed E-state index contributed by atoms with van der Waals surface area (Å²) in [5.74, 6) is -1.78. The summed E-state index contributed by atoms with van der Waals surface area (Å²) >= 11 is 0. The molecule has 6 rings (SSSR count). The van der Waals surface area contributed by atoms with Crippen LogP contribution >= 0.6 is 0 Å². The summed E-state index contributed by atoms with van der Waals surface area (Å²) in [6.07, 6.45) is 2.51. The van der Waals surface area contributed by atoms with Crippen molar-refractivity contribution in [1.29, 1.82) is 0 Å². The SMILES string of the molecule is C[C@H]1[C@@H](OCc2ccc(C(=O)O)cc2F)O[C@@H]2O[C@@]3(C)CC[C@H]4[C@H](C)CC[C@@H]1[C@@]24OO3. The Hall–Kier alpha value is -1.58. The smallest absolute Gasteiger partial charge is 0.335 e. The van der Waals surface area contributed by atoms with Crippen LogP contribution in [-0.2, 0) is 30.6 Å². The second kappa shape index (κ2) is 7.49. The number of carboxylic acids is 1. The number of aromatic carboxylic acids is 1. The maximum Gasteiger partial charge on any atom is 0.335 e. The van der Waals surface area contributed by atoms with E-state index in [0.29, 0.717) is 5.92 Å². The highest BCUT2D eigenvalue weighted by Crippen LogP contribution is 2.60. The Morgan fingerprint density at radius 2 is 2.03 bits per heavy atom. The molecule has 31 heavy (non-hydrogen) atoms. The van der Waals surface area contributed by atoms with Crippen LogP contribution in [0.5, 0.6) is 0 Å². The van der Waals surface area contributed by atoms with Gasteiger partial charge in [-0.25, -0.2) is 19.0 Å². The lowest BCUT2D eigenvalue weighted by Gasteiger charge is -2.60. The van der Waals surface area contributed by atoms with E-state index in [-0.39, 0.29) is 35.5 Å². The van der Waals surface area contributed by atoms with Crippen molar-refractivity contribution in [2.24, 2.45) is 23.7 Å². The molecule has 0 unspecified atom stereocenters. The zero-order chi connectivity index (χ0) is 22.0.